The summed E-state index contributed by atoms with van der Waals surface area (Å²) in [6.45, 7) is 4.63. The largest absolute Gasteiger partial charge is 0.354 e. The van der Waals surface area contributed by atoms with Gasteiger partial charge in [0.05, 0.1) is 23.0 Å². The van der Waals surface area contributed by atoms with Gasteiger partial charge in [-0.3, -0.25) is 4.99 Å². The molecule has 128 valence electrons. The molecule has 1 aromatic heterocycles. The molecule has 0 fully saturated rings. The molecule has 0 saturated heterocycles. The predicted octanol–water partition coefficient (Wildman–Crippen LogP) is 1.81. The highest BCUT2D eigenvalue weighted by molar-refractivity contribution is 14.0. The number of aryl methyl sites for hydroxylation is 1. The van der Waals surface area contributed by atoms with E-state index in [2.05, 4.69) is 27.5 Å². The molecule has 1 aromatic rings. The first kappa shape index (κ1) is 21.6. The van der Waals surface area contributed by atoms with Gasteiger partial charge < -0.3 is 10.6 Å². The summed E-state index contributed by atoms with van der Waals surface area (Å²) in [4.78, 5) is 8.61. The Morgan fingerprint density at radius 1 is 1.50 bits per heavy atom. The number of nitrogens with one attached hydrogen (secondary N) is 2. The van der Waals surface area contributed by atoms with E-state index in [1.165, 1.54) is 6.26 Å². The minimum absolute atomic E-state index is 0. The number of rotatable bonds is 7. The average Bonchev–Trinajstić information content (AvgIpc) is 2.88. The van der Waals surface area contributed by atoms with Gasteiger partial charge in [-0.2, -0.15) is 0 Å². The van der Waals surface area contributed by atoms with Gasteiger partial charge in [0.15, 0.2) is 5.96 Å². The lowest BCUT2D eigenvalue weighted by Gasteiger charge is -2.17. The van der Waals surface area contributed by atoms with Crippen molar-refractivity contribution < 1.29 is 8.42 Å². The van der Waals surface area contributed by atoms with Crippen molar-refractivity contribution in [3.05, 3.63) is 16.1 Å². The first-order chi connectivity index (χ1) is 9.84. The maximum Gasteiger partial charge on any atom is 0.191 e. The molecule has 0 radical (unpaired) electrons. The molecular weight excluding hydrogens is 435 g/mol. The lowest BCUT2D eigenvalue weighted by atomic mass is 10.3. The molecule has 2 N–H and O–H groups in total. The number of thiazole rings is 1. The third kappa shape index (κ3) is 8.89. The molecule has 9 heteroatoms. The number of hydrogen-bond acceptors (Lipinski definition) is 5. The quantitative estimate of drug-likeness (QED) is 0.369. The van der Waals surface area contributed by atoms with Crippen LogP contribution in [0.5, 0.6) is 0 Å². The van der Waals surface area contributed by atoms with Gasteiger partial charge in [-0.25, -0.2) is 13.4 Å². The molecule has 0 saturated carbocycles. The Kier molecular flexibility index (Phi) is 10.2. The Hall–Kier alpha value is -0.420. The van der Waals surface area contributed by atoms with E-state index in [-0.39, 0.29) is 35.8 Å². The SMILES string of the molecule is CCc1nc(CNC(=NC)NC(C)CCS(C)(=O)=O)cs1.I. The first-order valence-electron chi connectivity index (χ1n) is 6.92. The van der Waals surface area contributed by atoms with Gasteiger partial charge in [0, 0.05) is 24.7 Å². The van der Waals surface area contributed by atoms with Crippen molar-refractivity contribution in [2.24, 2.45) is 4.99 Å². The minimum Gasteiger partial charge on any atom is -0.354 e. The molecule has 1 atom stereocenters. The maximum absolute atomic E-state index is 11.2. The number of nitrogens with zero attached hydrogens (tertiary/aromatic N) is 2. The van der Waals surface area contributed by atoms with Crippen LogP contribution in [0.1, 0.15) is 31.0 Å². The van der Waals surface area contributed by atoms with Crippen LogP contribution in [0, 0.1) is 0 Å². The molecule has 0 aliphatic heterocycles. The van der Waals surface area contributed by atoms with Crippen LogP contribution in [0.3, 0.4) is 0 Å². The van der Waals surface area contributed by atoms with Gasteiger partial charge in [-0.05, 0) is 19.8 Å². The second-order valence-corrected chi connectivity index (χ2v) is 8.18. The molecule has 22 heavy (non-hydrogen) atoms. The maximum atomic E-state index is 11.2. The zero-order valence-corrected chi connectivity index (χ0v) is 17.4. The van der Waals surface area contributed by atoms with Crippen LogP contribution in [0.2, 0.25) is 0 Å². The van der Waals surface area contributed by atoms with Crippen LogP contribution in [-0.4, -0.2) is 44.5 Å². The molecule has 1 heterocycles. The van der Waals surface area contributed by atoms with Crippen LogP contribution in [0.4, 0.5) is 0 Å². The number of hydrogen-bond donors (Lipinski definition) is 2. The van der Waals surface area contributed by atoms with Gasteiger partial charge >= 0.3 is 0 Å². The second-order valence-electron chi connectivity index (χ2n) is 4.98. The molecule has 0 aliphatic carbocycles. The Labute approximate surface area is 154 Å². The Bertz CT molecular complexity index is 572. The van der Waals surface area contributed by atoms with Crippen LogP contribution >= 0.6 is 35.3 Å². The fourth-order valence-electron chi connectivity index (χ4n) is 1.66. The molecule has 0 spiro atoms. The number of halogens is 1. The summed E-state index contributed by atoms with van der Waals surface area (Å²) >= 11 is 1.66. The molecular formula is C13H25IN4O2S2. The summed E-state index contributed by atoms with van der Waals surface area (Å²) in [6.07, 6.45) is 2.75. The Morgan fingerprint density at radius 2 is 2.18 bits per heavy atom. The number of aliphatic imine (C=N–C) groups is 1. The van der Waals surface area contributed by atoms with Crippen molar-refractivity contribution in [1.29, 1.82) is 0 Å². The fourth-order valence-corrected chi connectivity index (χ4v) is 3.18. The average molecular weight is 460 g/mol. The first-order valence-corrected chi connectivity index (χ1v) is 9.86. The molecule has 1 unspecified atom stereocenters. The van der Waals surface area contributed by atoms with E-state index in [0.29, 0.717) is 18.9 Å². The van der Waals surface area contributed by atoms with Crippen molar-refractivity contribution in [2.45, 2.75) is 39.3 Å². The van der Waals surface area contributed by atoms with Crippen LogP contribution < -0.4 is 10.6 Å². The van der Waals surface area contributed by atoms with Crippen LogP contribution in [0.25, 0.3) is 0 Å². The van der Waals surface area contributed by atoms with E-state index >= 15 is 0 Å². The summed E-state index contributed by atoms with van der Waals surface area (Å²) in [5.74, 6) is 0.825. The Morgan fingerprint density at radius 3 is 2.68 bits per heavy atom. The summed E-state index contributed by atoms with van der Waals surface area (Å²) in [5.41, 5.74) is 0.989. The summed E-state index contributed by atoms with van der Waals surface area (Å²) in [5, 5.41) is 9.52. The van der Waals surface area contributed by atoms with Gasteiger partial charge in [0.25, 0.3) is 0 Å². The van der Waals surface area contributed by atoms with Gasteiger partial charge in [-0.15, -0.1) is 35.3 Å². The highest BCUT2D eigenvalue weighted by Crippen LogP contribution is 2.09. The Balaban J connectivity index is 0.00000441. The van der Waals surface area contributed by atoms with E-state index in [9.17, 15) is 8.42 Å². The fraction of sp³-hybridized carbons (Fsp3) is 0.692. The molecule has 6 nitrogen and oxygen atoms in total. The van der Waals surface area contributed by atoms with Gasteiger partial charge in [0.2, 0.25) is 0 Å². The zero-order chi connectivity index (χ0) is 15.9. The summed E-state index contributed by atoms with van der Waals surface area (Å²) in [6, 6.07) is 0.0348. The third-order valence-corrected chi connectivity index (χ3v) is 4.89. The van der Waals surface area contributed by atoms with E-state index < -0.39 is 9.84 Å². The molecule has 0 aliphatic rings. The number of guanidine groups is 1. The molecule has 1 rings (SSSR count). The lowest BCUT2D eigenvalue weighted by molar-refractivity contribution is 0.581. The van der Waals surface area contributed by atoms with E-state index in [4.69, 9.17) is 0 Å². The van der Waals surface area contributed by atoms with E-state index in [1.54, 1.807) is 18.4 Å². The third-order valence-electron chi connectivity index (χ3n) is 2.87. The smallest absolute Gasteiger partial charge is 0.191 e. The van der Waals surface area contributed by atoms with Crippen molar-refractivity contribution in [1.82, 2.24) is 15.6 Å². The highest BCUT2D eigenvalue weighted by Gasteiger charge is 2.09. The zero-order valence-electron chi connectivity index (χ0n) is 13.4. The molecule has 0 amide bonds. The monoisotopic (exact) mass is 460 g/mol. The van der Waals surface area contributed by atoms with Crippen molar-refractivity contribution in [3.63, 3.8) is 0 Å². The normalized spacial score (nSPS) is 13.4. The summed E-state index contributed by atoms with van der Waals surface area (Å²) < 4.78 is 22.3. The number of aromatic nitrogens is 1. The van der Waals surface area contributed by atoms with E-state index in [1.807, 2.05) is 12.3 Å². The molecule has 0 aromatic carbocycles. The highest BCUT2D eigenvalue weighted by atomic mass is 127. The van der Waals surface area contributed by atoms with Crippen molar-refractivity contribution in [2.75, 3.05) is 19.1 Å². The second kappa shape index (κ2) is 10.4. The standard InChI is InChI=1S/C13H24N4O2S2.HI/c1-5-12-17-11(9-20-12)8-15-13(14-3)16-10(2)6-7-21(4,18)19;/h9-10H,5-8H2,1-4H3,(H2,14,15,16);1H. The van der Waals surface area contributed by atoms with Gasteiger partial charge in [-0.1, -0.05) is 6.92 Å². The van der Waals surface area contributed by atoms with Gasteiger partial charge in [0.1, 0.15) is 9.84 Å². The topological polar surface area (TPSA) is 83.4 Å². The van der Waals surface area contributed by atoms with E-state index in [0.717, 1.165) is 17.1 Å². The van der Waals surface area contributed by atoms with Crippen molar-refractivity contribution >= 4 is 51.1 Å². The predicted molar refractivity (Wildman–Crippen MR) is 104 cm³/mol. The van der Waals surface area contributed by atoms with Crippen LogP contribution in [-0.2, 0) is 22.8 Å². The van der Waals surface area contributed by atoms with Crippen molar-refractivity contribution in [3.8, 4) is 0 Å². The number of sulfone groups is 1. The lowest BCUT2D eigenvalue weighted by Crippen LogP contribution is -2.42. The van der Waals surface area contributed by atoms with Crippen LogP contribution in [0.15, 0.2) is 10.4 Å². The summed E-state index contributed by atoms with van der Waals surface area (Å²) in [7, 11) is -1.23. The minimum atomic E-state index is -2.93. The molecule has 0 bridgehead atoms.